The first-order valence-corrected chi connectivity index (χ1v) is 8.36. The molecule has 0 radical (unpaired) electrons. The van der Waals surface area contributed by atoms with E-state index in [2.05, 4.69) is 15.8 Å². The topological polar surface area (TPSA) is 85.1 Å². The minimum absolute atomic E-state index is 0.139. The highest BCUT2D eigenvalue weighted by molar-refractivity contribution is 7.89. The van der Waals surface area contributed by atoms with Crippen LogP contribution in [0.1, 0.15) is 30.0 Å². The van der Waals surface area contributed by atoms with Gasteiger partial charge in [0.1, 0.15) is 10.7 Å². The molecular formula is C15H17N3O2S. The number of aryl methyl sites for hydroxylation is 1. The van der Waals surface area contributed by atoms with Gasteiger partial charge in [-0.25, -0.2) is 18.1 Å². The fourth-order valence-corrected chi connectivity index (χ4v) is 3.88. The number of rotatable bonds is 3. The van der Waals surface area contributed by atoms with E-state index in [1.165, 1.54) is 23.9 Å². The molecule has 1 aromatic heterocycles. The van der Waals surface area contributed by atoms with Crippen molar-refractivity contribution in [2.24, 2.45) is 0 Å². The van der Waals surface area contributed by atoms with Gasteiger partial charge in [0.15, 0.2) is 0 Å². The number of hydrogen-bond donors (Lipinski definition) is 2. The second-order valence-corrected chi connectivity index (χ2v) is 6.90. The fourth-order valence-electron chi connectivity index (χ4n) is 2.68. The van der Waals surface area contributed by atoms with E-state index in [4.69, 9.17) is 5.73 Å². The summed E-state index contributed by atoms with van der Waals surface area (Å²) >= 11 is 0. The number of aromatic nitrogens is 1. The number of nitrogens with two attached hydrogens (primary N) is 1. The zero-order chi connectivity index (χ0) is 14.9. The number of anilines is 1. The maximum atomic E-state index is 12.4. The van der Waals surface area contributed by atoms with Gasteiger partial charge >= 0.3 is 0 Å². The molecule has 0 amide bonds. The number of pyridine rings is 1. The van der Waals surface area contributed by atoms with Crippen molar-refractivity contribution in [3.63, 3.8) is 0 Å². The Bertz CT molecular complexity index is 742. The smallest absolute Gasteiger partial charge is 0.242 e. The largest absolute Gasteiger partial charge is 0.384 e. The second-order valence-electron chi connectivity index (χ2n) is 5.18. The van der Waals surface area contributed by atoms with Crippen molar-refractivity contribution < 1.29 is 8.42 Å². The van der Waals surface area contributed by atoms with Crippen molar-refractivity contribution in [3.8, 4) is 0 Å². The lowest BCUT2D eigenvalue weighted by atomic mass is 9.88. The Balaban J connectivity index is 1.88. The van der Waals surface area contributed by atoms with Crippen LogP contribution in [0.15, 0.2) is 47.5 Å². The summed E-state index contributed by atoms with van der Waals surface area (Å²) in [5, 5.41) is 0. The summed E-state index contributed by atoms with van der Waals surface area (Å²) in [5.74, 6) is 0.303. The molecule has 2 aromatic rings. The molecule has 6 heteroatoms. The van der Waals surface area contributed by atoms with E-state index in [1.807, 2.05) is 18.2 Å². The quantitative estimate of drug-likeness (QED) is 0.908. The van der Waals surface area contributed by atoms with Gasteiger partial charge in [0.05, 0.1) is 0 Å². The van der Waals surface area contributed by atoms with Gasteiger partial charge in [-0.1, -0.05) is 24.3 Å². The summed E-state index contributed by atoms with van der Waals surface area (Å²) in [6.45, 7) is 0. The van der Waals surface area contributed by atoms with Crippen LogP contribution in [0.2, 0.25) is 0 Å². The SMILES string of the molecule is Nc1ccc(S(=O)(=O)NC2CCCc3ccccc32)cn1. The molecule has 1 aliphatic rings. The first kappa shape index (κ1) is 14.0. The summed E-state index contributed by atoms with van der Waals surface area (Å²) in [7, 11) is -3.59. The van der Waals surface area contributed by atoms with Crippen LogP contribution < -0.4 is 10.5 Å². The van der Waals surface area contributed by atoms with Crippen LogP contribution in [-0.4, -0.2) is 13.4 Å². The molecule has 0 bridgehead atoms. The minimum Gasteiger partial charge on any atom is -0.384 e. The molecule has 0 saturated heterocycles. The van der Waals surface area contributed by atoms with Crippen LogP contribution in [0.3, 0.4) is 0 Å². The van der Waals surface area contributed by atoms with Gasteiger partial charge in [0, 0.05) is 12.2 Å². The number of fused-ring (bicyclic) bond motifs is 1. The number of benzene rings is 1. The summed E-state index contributed by atoms with van der Waals surface area (Å²) in [5.41, 5.74) is 7.77. The number of nitrogens with zero attached hydrogens (tertiary/aromatic N) is 1. The van der Waals surface area contributed by atoms with Crippen LogP contribution in [0, 0.1) is 0 Å². The summed E-state index contributed by atoms with van der Waals surface area (Å²) < 4.78 is 27.6. The third-order valence-corrected chi connectivity index (χ3v) is 5.19. The molecule has 0 saturated carbocycles. The van der Waals surface area contributed by atoms with Gasteiger partial charge in [-0.2, -0.15) is 0 Å². The molecule has 5 nitrogen and oxygen atoms in total. The summed E-state index contributed by atoms with van der Waals surface area (Å²) in [6, 6.07) is 10.7. The normalized spacial score (nSPS) is 18.2. The average molecular weight is 303 g/mol. The Kier molecular flexibility index (Phi) is 3.65. The van der Waals surface area contributed by atoms with Gasteiger partial charge in [-0.15, -0.1) is 0 Å². The van der Waals surface area contributed by atoms with Crippen molar-refractivity contribution in [3.05, 3.63) is 53.7 Å². The van der Waals surface area contributed by atoms with Crippen molar-refractivity contribution in [2.45, 2.75) is 30.2 Å². The molecular weight excluding hydrogens is 286 g/mol. The molecule has 3 rings (SSSR count). The molecule has 110 valence electrons. The number of sulfonamides is 1. The maximum absolute atomic E-state index is 12.4. The fraction of sp³-hybridized carbons (Fsp3) is 0.267. The second kappa shape index (κ2) is 5.46. The first-order valence-electron chi connectivity index (χ1n) is 6.88. The minimum atomic E-state index is -3.59. The maximum Gasteiger partial charge on any atom is 0.242 e. The molecule has 0 fully saturated rings. The van der Waals surface area contributed by atoms with Gasteiger partial charge < -0.3 is 5.73 Å². The van der Waals surface area contributed by atoms with E-state index in [9.17, 15) is 8.42 Å². The Morgan fingerprint density at radius 1 is 1.19 bits per heavy atom. The van der Waals surface area contributed by atoms with Crippen LogP contribution in [0.25, 0.3) is 0 Å². The van der Waals surface area contributed by atoms with Crippen LogP contribution in [0.5, 0.6) is 0 Å². The third-order valence-electron chi connectivity index (χ3n) is 3.74. The first-order chi connectivity index (χ1) is 10.1. The van der Waals surface area contributed by atoms with Gasteiger partial charge in [0.2, 0.25) is 10.0 Å². The van der Waals surface area contributed by atoms with Gasteiger partial charge in [-0.3, -0.25) is 0 Å². The third kappa shape index (κ3) is 2.91. The van der Waals surface area contributed by atoms with Crippen LogP contribution >= 0.6 is 0 Å². The summed E-state index contributed by atoms with van der Waals surface area (Å²) in [6.07, 6.45) is 4.06. The molecule has 21 heavy (non-hydrogen) atoms. The van der Waals surface area contributed by atoms with Crippen molar-refractivity contribution in [1.29, 1.82) is 0 Å². The molecule has 1 unspecified atom stereocenters. The molecule has 1 aromatic carbocycles. The Morgan fingerprint density at radius 3 is 2.76 bits per heavy atom. The molecule has 3 N–H and O–H groups in total. The average Bonchev–Trinajstić information content (AvgIpc) is 2.48. The molecule has 0 aliphatic heterocycles. The van der Waals surface area contributed by atoms with Crippen LogP contribution in [-0.2, 0) is 16.4 Å². The Hall–Kier alpha value is -1.92. The van der Waals surface area contributed by atoms with E-state index >= 15 is 0 Å². The van der Waals surface area contributed by atoms with E-state index in [-0.39, 0.29) is 10.9 Å². The van der Waals surface area contributed by atoms with Gasteiger partial charge in [-0.05, 0) is 42.5 Å². The standard InChI is InChI=1S/C15H17N3O2S/c16-15-9-8-12(10-17-15)21(19,20)18-14-7-3-5-11-4-1-2-6-13(11)14/h1-2,4,6,8-10,14,18H,3,5,7H2,(H2,16,17). The van der Waals surface area contributed by atoms with Gasteiger partial charge in [0.25, 0.3) is 0 Å². The molecule has 1 heterocycles. The number of hydrogen-bond acceptors (Lipinski definition) is 4. The zero-order valence-electron chi connectivity index (χ0n) is 11.5. The lowest BCUT2D eigenvalue weighted by Crippen LogP contribution is -2.31. The molecule has 0 spiro atoms. The predicted octanol–water partition coefficient (Wildman–Crippen LogP) is 2.02. The highest BCUT2D eigenvalue weighted by Crippen LogP contribution is 2.30. The highest BCUT2D eigenvalue weighted by Gasteiger charge is 2.25. The van der Waals surface area contributed by atoms with E-state index in [1.54, 1.807) is 0 Å². The highest BCUT2D eigenvalue weighted by atomic mass is 32.2. The number of nitrogen functional groups attached to an aromatic ring is 1. The molecule has 1 aliphatic carbocycles. The Morgan fingerprint density at radius 2 is 2.00 bits per heavy atom. The Labute approximate surface area is 124 Å². The monoisotopic (exact) mass is 303 g/mol. The van der Waals surface area contributed by atoms with Crippen LogP contribution in [0.4, 0.5) is 5.82 Å². The van der Waals surface area contributed by atoms with Crippen molar-refractivity contribution in [1.82, 2.24) is 9.71 Å². The van der Waals surface area contributed by atoms with E-state index in [0.29, 0.717) is 5.82 Å². The summed E-state index contributed by atoms with van der Waals surface area (Å²) in [4.78, 5) is 3.98. The van der Waals surface area contributed by atoms with Crippen molar-refractivity contribution in [2.75, 3.05) is 5.73 Å². The number of nitrogens with one attached hydrogen (secondary N) is 1. The lowest BCUT2D eigenvalue weighted by molar-refractivity contribution is 0.507. The predicted molar refractivity (Wildman–Crippen MR) is 81.1 cm³/mol. The van der Waals surface area contributed by atoms with Crippen molar-refractivity contribution >= 4 is 15.8 Å². The molecule has 1 atom stereocenters. The zero-order valence-corrected chi connectivity index (χ0v) is 12.3. The lowest BCUT2D eigenvalue weighted by Gasteiger charge is -2.26. The van der Waals surface area contributed by atoms with E-state index in [0.717, 1.165) is 24.8 Å². The van der Waals surface area contributed by atoms with E-state index < -0.39 is 10.0 Å².